The molecule has 0 aromatic heterocycles. The second-order valence-corrected chi connectivity index (χ2v) is 9.77. The molecular weight excluding hydrogens is 533 g/mol. The molecule has 4 atom stereocenters. The van der Waals surface area contributed by atoms with Gasteiger partial charge in [0, 0.05) is 27.8 Å². The van der Waals surface area contributed by atoms with Crippen molar-refractivity contribution in [3.63, 3.8) is 0 Å². The summed E-state index contributed by atoms with van der Waals surface area (Å²) in [7, 11) is 1.46. The molecule has 0 aliphatic carbocycles. The average Bonchev–Trinajstić information content (AvgIpc) is 3.32. The van der Waals surface area contributed by atoms with Gasteiger partial charge in [0.25, 0.3) is 11.9 Å². The molecule has 2 aliphatic rings. The summed E-state index contributed by atoms with van der Waals surface area (Å²) in [5, 5.41) is 18.6. The molecule has 8 nitrogen and oxygen atoms in total. The second-order valence-electron chi connectivity index (χ2n) is 8.91. The molecule has 2 aliphatic heterocycles. The normalized spacial score (nSPS) is 24.4. The van der Waals surface area contributed by atoms with Crippen molar-refractivity contribution in [2.75, 3.05) is 12.4 Å². The maximum absolute atomic E-state index is 14.1. The molecule has 1 spiro atoms. The maximum atomic E-state index is 14.1. The van der Waals surface area contributed by atoms with Gasteiger partial charge in [0.2, 0.25) is 0 Å². The standard InChI is InChI=1S/C26H23BrFN3O5/c1-14-22(24(31(33)34)26(30-14)17-8-4-6-10-20(17)29-25(26)32)16-11-18(27)23(21(12-16)35-2)36-13-15-7-3-5-9-19(15)28/h3-12,14,22,24,30H,13H2,1-2H3,(H,29,32)/t14-,22-,24-,26-/m0/s1. The monoisotopic (exact) mass is 555 g/mol. The van der Waals surface area contributed by atoms with Crippen molar-refractivity contribution >= 4 is 27.5 Å². The van der Waals surface area contributed by atoms with Crippen LogP contribution in [0, 0.1) is 15.9 Å². The van der Waals surface area contributed by atoms with E-state index in [4.69, 9.17) is 9.47 Å². The van der Waals surface area contributed by atoms with Crippen molar-refractivity contribution < 1.29 is 23.6 Å². The number of ether oxygens (including phenoxy) is 2. The number of nitrogens with one attached hydrogen (secondary N) is 2. The van der Waals surface area contributed by atoms with Crippen LogP contribution in [0.1, 0.15) is 29.5 Å². The predicted molar refractivity (Wildman–Crippen MR) is 134 cm³/mol. The van der Waals surface area contributed by atoms with E-state index in [9.17, 15) is 19.3 Å². The predicted octanol–water partition coefficient (Wildman–Crippen LogP) is 4.74. The summed E-state index contributed by atoms with van der Waals surface area (Å²) in [6, 6.07) is 15.0. The number of nitrogens with zero attached hydrogens (tertiary/aromatic N) is 1. The maximum Gasteiger partial charge on any atom is 0.256 e. The molecule has 2 heterocycles. The van der Waals surface area contributed by atoms with Crippen LogP contribution in [0.25, 0.3) is 0 Å². The van der Waals surface area contributed by atoms with E-state index in [1.807, 2.05) is 6.92 Å². The van der Waals surface area contributed by atoms with Crippen molar-refractivity contribution in [3.05, 3.63) is 97.8 Å². The lowest BCUT2D eigenvalue weighted by Gasteiger charge is -2.25. The first-order valence-electron chi connectivity index (χ1n) is 11.3. The average molecular weight is 556 g/mol. The first kappa shape index (κ1) is 24.2. The smallest absolute Gasteiger partial charge is 0.256 e. The molecular formula is C26H23BrFN3O5. The van der Waals surface area contributed by atoms with Crippen molar-refractivity contribution in [1.29, 1.82) is 0 Å². The second kappa shape index (κ2) is 9.18. The summed E-state index contributed by atoms with van der Waals surface area (Å²) in [5.74, 6) is -0.815. The van der Waals surface area contributed by atoms with Gasteiger partial charge in [0.15, 0.2) is 17.0 Å². The molecule has 1 saturated heterocycles. The van der Waals surface area contributed by atoms with Crippen molar-refractivity contribution in [2.24, 2.45) is 0 Å². The van der Waals surface area contributed by atoms with Crippen LogP contribution in [-0.2, 0) is 16.9 Å². The lowest BCUT2D eigenvalue weighted by molar-refractivity contribution is -0.532. The molecule has 0 radical (unpaired) electrons. The fourth-order valence-electron chi connectivity index (χ4n) is 5.39. The number of methoxy groups -OCH3 is 1. The Hall–Kier alpha value is -3.50. The summed E-state index contributed by atoms with van der Waals surface area (Å²) < 4.78 is 26.0. The van der Waals surface area contributed by atoms with Gasteiger partial charge in [-0.25, -0.2) is 4.39 Å². The van der Waals surface area contributed by atoms with Crippen LogP contribution in [0.15, 0.2) is 65.1 Å². The van der Waals surface area contributed by atoms with Gasteiger partial charge in [0.1, 0.15) is 12.4 Å². The largest absolute Gasteiger partial charge is 0.493 e. The number of para-hydroxylation sites is 1. The first-order valence-corrected chi connectivity index (χ1v) is 12.1. The Kier molecular flexibility index (Phi) is 6.17. The zero-order chi connectivity index (χ0) is 25.6. The molecule has 3 aromatic rings. The van der Waals surface area contributed by atoms with Gasteiger partial charge >= 0.3 is 0 Å². The molecule has 0 unspecified atom stereocenters. The third kappa shape index (κ3) is 3.72. The highest BCUT2D eigenvalue weighted by Crippen LogP contribution is 2.51. The highest BCUT2D eigenvalue weighted by molar-refractivity contribution is 9.10. The van der Waals surface area contributed by atoms with E-state index in [1.54, 1.807) is 54.6 Å². The summed E-state index contributed by atoms with van der Waals surface area (Å²) >= 11 is 3.50. The Bertz CT molecular complexity index is 1370. The number of halogens is 2. The summed E-state index contributed by atoms with van der Waals surface area (Å²) in [6.07, 6.45) is 0. The number of rotatable bonds is 6. The zero-order valence-corrected chi connectivity index (χ0v) is 21.0. The number of hydrogen-bond donors (Lipinski definition) is 2. The van der Waals surface area contributed by atoms with Gasteiger partial charge in [-0.05, 0) is 52.7 Å². The highest BCUT2D eigenvalue weighted by Gasteiger charge is 2.67. The number of amides is 1. The summed E-state index contributed by atoms with van der Waals surface area (Å²) in [5.41, 5.74) is 0.592. The third-order valence-corrected chi connectivity index (χ3v) is 7.52. The van der Waals surface area contributed by atoms with E-state index in [0.29, 0.717) is 38.3 Å². The number of carbonyl (C=O) groups is 1. The minimum atomic E-state index is -1.51. The fraction of sp³-hybridized carbons (Fsp3) is 0.269. The van der Waals surface area contributed by atoms with Gasteiger partial charge < -0.3 is 14.8 Å². The molecule has 36 heavy (non-hydrogen) atoms. The number of hydrogen-bond acceptors (Lipinski definition) is 6. The van der Waals surface area contributed by atoms with Gasteiger partial charge in [-0.15, -0.1) is 0 Å². The van der Waals surface area contributed by atoms with E-state index in [2.05, 4.69) is 26.6 Å². The van der Waals surface area contributed by atoms with Crippen LogP contribution >= 0.6 is 15.9 Å². The van der Waals surface area contributed by atoms with Crippen LogP contribution in [0.5, 0.6) is 11.5 Å². The van der Waals surface area contributed by atoms with Crippen LogP contribution in [0.2, 0.25) is 0 Å². The molecule has 5 rings (SSSR count). The fourth-order valence-corrected chi connectivity index (χ4v) is 5.97. The van der Waals surface area contributed by atoms with Crippen molar-refractivity contribution in [1.82, 2.24) is 5.32 Å². The SMILES string of the molecule is COc1cc([C@@H]2[C@H](C)N[C@]3(C(=O)Nc4ccccc43)[C@H]2[N+](=O)[O-])cc(Br)c1OCc1ccccc1F. The summed E-state index contributed by atoms with van der Waals surface area (Å²) in [4.78, 5) is 25.4. The zero-order valence-electron chi connectivity index (χ0n) is 19.5. The van der Waals surface area contributed by atoms with E-state index >= 15 is 0 Å². The van der Waals surface area contributed by atoms with Crippen molar-refractivity contribution in [2.45, 2.75) is 37.1 Å². The molecule has 186 valence electrons. The molecule has 2 N–H and O–H groups in total. The van der Waals surface area contributed by atoms with E-state index in [1.165, 1.54) is 13.2 Å². The lowest BCUT2D eigenvalue weighted by atomic mass is 9.78. The van der Waals surface area contributed by atoms with Crippen LogP contribution in [0.3, 0.4) is 0 Å². The van der Waals surface area contributed by atoms with Gasteiger partial charge in [-0.1, -0.05) is 36.4 Å². The van der Waals surface area contributed by atoms with Gasteiger partial charge in [-0.2, -0.15) is 0 Å². The number of carbonyl (C=O) groups excluding carboxylic acids is 1. The summed E-state index contributed by atoms with van der Waals surface area (Å²) in [6.45, 7) is 1.80. The van der Waals surface area contributed by atoms with Crippen LogP contribution in [0.4, 0.5) is 10.1 Å². The van der Waals surface area contributed by atoms with E-state index < -0.39 is 29.4 Å². The minimum absolute atomic E-state index is 0.0278. The topological polar surface area (TPSA) is 103 Å². The Morgan fingerprint density at radius 2 is 1.89 bits per heavy atom. The molecule has 1 fully saturated rings. The third-order valence-electron chi connectivity index (χ3n) is 6.93. The Morgan fingerprint density at radius 1 is 1.17 bits per heavy atom. The van der Waals surface area contributed by atoms with Crippen LogP contribution in [-0.4, -0.2) is 30.0 Å². The quantitative estimate of drug-likeness (QED) is 0.336. The van der Waals surface area contributed by atoms with Crippen molar-refractivity contribution in [3.8, 4) is 11.5 Å². The number of nitro groups is 1. The number of benzene rings is 3. The Morgan fingerprint density at radius 3 is 2.61 bits per heavy atom. The molecule has 0 saturated carbocycles. The minimum Gasteiger partial charge on any atom is -0.493 e. The molecule has 0 bridgehead atoms. The Balaban J connectivity index is 1.54. The number of fused-ring (bicyclic) bond motifs is 2. The molecule has 1 amide bonds. The van der Waals surface area contributed by atoms with Gasteiger partial charge in [-0.3, -0.25) is 20.2 Å². The molecule has 10 heteroatoms. The molecule has 3 aromatic carbocycles. The Labute approximate surface area is 215 Å². The van der Waals surface area contributed by atoms with E-state index in [-0.39, 0.29) is 17.3 Å². The van der Waals surface area contributed by atoms with E-state index in [0.717, 1.165) is 0 Å². The van der Waals surface area contributed by atoms with Gasteiger partial charge in [0.05, 0.1) is 17.5 Å². The first-order chi connectivity index (χ1) is 17.3. The lowest BCUT2D eigenvalue weighted by Crippen LogP contribution is -2.54. The highest BCUT2D eigenvalue weighted by atomic mass is 79.9. The van der Waals surface area contributed by atoms with Crippen LogP contribution < -0.4 is 20.1 Å². The number of anilines is 1.